The molecule has 0 aromatic heterocycles. The first-order valence-corrected chi connectivity index (χ1v) is 16.1. The van der Waals surface area contributed by atoms with Crippen LogP contribution in [-0.4, -0.2) is 58.0 Å². The molecule has 0 aliphatic carbocycles. The molecule has 1 atom stereocenters. The molecule has 3 N–H and O–H groups in total. The standard InChI is InChI=1S/C40H50O9/c1-39(2,32-14-25(20-44-4)36(41)26(15-32)21-45-5)30-10-12-31(13-11-30)40(3,34-18-29(24-48-8)38(43)35(19-34)49-9)33-16-27(22-46-6)37(42)28(17-33)23-47-7/h10-19,41-43H,20-24H2,1-9H3. The van der Waals surface area contributed by atoms with E-state index in [0.29, 0.717) is 33.6 Å². The van der Waals surface area contributed by atoms with Crippen LogP contribution in [0.15, 0.2) is 60.7 Å². The van der Waals surface area contributed by atoms with E-state index >= 15 is 0 Å². The minimum absolute atomic E-state index is 0.0213. The zero-order valence-corrected chi connectivity index (χ0v) is 30.1. The summed E-state index contributed by atoms with van der Waals surface area (Å²) in [5, 5.41) is 32.9. The maximum atomic E-state index is 11.1. The quantitative estimate of drug-likeness (QED) is 0.106. The Morgan fingerprint density at radius 2 is 0.755 bits per heavy atom. The lowest BCUT2D eigenvalue weighted by Gasteiger charge is -2.35. The molecule has 0 saturated carbocycles. The van der Waals surface area contributed by atoms with Gasteiger partial charge in [0.2, 0.25) is 0 Å². The Balaban J connectivity index is 1.96. The van der Waals surface area contributed by atoms with E-state index in [9.17, 15) is 15.3 Å². The first kappa shape index (κ1) is 37.7. The Bertz CT molecular complexity index is 1670. The smallest absolute Gasteiger partial charge is 0.163 e. The molecule has 0 heterocycles. The first-order valence-electron chi connectivity index (χ1n) is 16.1. The van der Waals surface area contributed by atoms with Crippen LogP contribution in [-0.2, 0) is 67.5 Å². The molecule has 264 valence electrons. The van der Waals surface area contributed by atoms with Gasteiger partial charge in [0.05, 0.1) is 40.1 Å². The highest BCUT2D eigenvalue weighted by molar-refractivity contribution is 5.59. The fourth-order valence-corrected chi connectivity index (χ4v) is 6.49. The highest BCUT2D eigenvalue weighted by Crippen LogP contribution is 2.46. The van der Waals surface area contributed by atoms with E-state index in [0.717, 1.165) is 27.8 Å². The normalized spacial score (nSPS) is 13.0. The molecule has 4 aromatic rings. The molecule has 0 aliphatic heterocycles. The number of rotatable bonds is 16. The molecule has 49 heavy (non-hydrogen) atoms. The van der Waals surface area contributed by atoms with E-state index in [1.165, 1.54) is 7.11 Å². The van der Waals surface area contributed by atoms with Crippen LogP contribution < -0.4 is 4.74 Å². The molecular weight excluding hydrogens is 624 g/mol. The molecule has 0 radical (unpaired) electrons. The average molecular weight is 675 g/mol. The van der Waals surface area contributed by atoms with E-state index in [1.807, 2.05) is 36.4 Å². The lowest BCUT2D eigenvalue weighted by Crippen LogP contribution is -2.27. The minimum Gasteiger partial charge on any atom is -0.507 e. The Morgan fingerprint density at radius 1 is 0.429 bits per heavy atom. The van der Waals surface area contributed by atoms with Crippen molar-refractivity contribution in [2.24, 2.45) is 0 Å². The summed E-state index contributed by atoms with van der Waals surface area (Å²) in [6, 6.07) is 20.1. The van der Waals surface area contributed by atoms with Gasteiger partial charge in [-0.1, -0.05) is 38.1 Å². The lowest BCUT2D eigenvalue weighted by atomic mass is 9.69. The zero-order chi connectivity index (χ0) is 35.9. The molecule has 0 saturated heterocycles. The highest BCUT2D eigenvalue weighted by atomic mass is 16.5. The summed E-state index contributed by atoms with van der Waals surface area (Å²) >= 11 is 0. The van der Waals surface area contributed by atoms with Gasteiger partial charge >= 0.3 is 0 Å². The third-order valence-electron chi connectivity index (χ3n) is 9.47. The van der Waals surface area contributed by atoms with Crippen molar-refractivity contribution in [1.82, 2.24) is 0 Å². The van der Waals surface area contributed by atoms with E-state index in [4.69, 9.17) is 28.4 Å². The topological polar surface area (TPSA) is 116 Å². The predicted molar refractivity (Wildman–Crippen MR) is 189 cm³/mol. The van der Waals surface area contributed by atoms with Crippen molar-refractivity contribution < 1.29 is 43.7 Å². The third-order valence-corrected chi connectivity index (χ3v) is 9.47. The van der Waals surface area contributed by atoms with Crippen molar-refractivity contribution >= 4 is 0 Å². The van der Waals surface area contributed by atoms with E-state index in [-0.39, 0.29) is 50.3 Å². The lowest BCUT2D eigenvalue weighted by molar-refractivity contribution is 0.174. The second kappa shape index (κ2) is 16.1. The molecule has 0 aliphatic rings. The fourth-order valence-electron chi connectivity index (χ4n) is 6.49. The molecule has 4 aromatic carbocycles. The maximum absolute atomic E-state index is 11.1. The minimum atomic E-state index is -0.805. The van der Waals surface area contributed by atoms with E-state index in [1.54, 1.807) is 35.5 Å². The Hall–Kier alpha value is -4.12. The van der Waals surface area contributed by atoms with Gasteiger partial charge in [-0.15, -0.1) is 0 Å². The molecule has 0 spiro atoms. The van der Waals surface area contributed by atoms with Crippen LogP contribution in [0, 0.1) is 0 Å². The maximum Gasteiger partial charge on any atom is 0.163 e. The summed E-state index contributed by atoms with van der Waals surface area (Å²) in [4.78, 5) is 0. The van der Waals surface area contributed by atoms with Crippen molar-refractivity contribution in [2.75, 3.05) is 42.7 Å². The summed E-state index contributed by atoms with van der Waals surface area (Å²) in [5.41, 5.74) is 6.76. The Kier molecular flexibility index (Phi) is 12.4. The van der Waals surface area contributed by atoms with Gasteiger partial charge in [-0.05, 0) is 71.1 Å². The molecular formula is C40H50O9. The van der Waals surface area contributed by atoms with Crippen molar-refractivity contribution in [3.05, 3.63) is 116 Å². The van der Waals surface area contributed by atoms with Gasteiger partial charge in [0, 0.05) is 74.2 Å². The number of phenolic OH excluding ortho intramolecular Hbond substituents is 3. The van der Waals surface area contributed by atoms with Gasteiger partial charge < -0.3 is 43.7 Å². The number of hydrogen-bond donors (Lipinski definition) is 3. The van der Waals surface area contributed by atoms with Gasteiger partial charge in [-0.25, -0.2) is 0 Å². The molecule has 0 amide bonds. The van der Waals surface area contributed by atoms with Gasteiger partial charge in [-0.2, -0.15) is 0 Å². The van der Waals surface area contributed by atoms with E-state index in [2.05, 4.69) is 45.0 Å². The second-order valence-electron chi connectivity index (χ2n) is 13.0. The highest BCUT2D eigenvalue weighted by Gasteiger charge is 2.35. The molecule has 1 unspecified atom stereocenters. The number of benzene rings is 4. The van der Waals surface area contributed by atoms with Gasteiger partial charge in [0.1, 0.15) is 11.5 Å². The summed E-state index contributed by atoms with van der Waals surface area (Å²) in [6.45, 7) is 7.55. The van der Waals surface area contributed by atoms with Crippen molar-refractivity contribution in [3.8, 4) is 23.0 Å². The number of aromatic hydroxyl groups is 3. The monoisotopic (exact) mass is 674 g/mol. The van der Waals surface area contributed by atoms with Gasteiger partial charge in [-0.3, -0.25) is 0 Å². The van der Waals surface area contributed by atoms with Crippen molar-refractivity contribution in [3.63, 3.8) is 0 Å². The van der Waals surface area contributed by atoms with Gasteiger partial charge in [0.15, 0.2) is 11.5 Å². The molecule has 9 heteroatoms. The predicted octanol–water partition coefficient (Wildman–Crippen LogP) is 7.22. The van der Waals surface area contributed by atoms with Gasteiger partial charge in [0.25, 0.3) is 0 Å². The summed E-state index contributed by atoms with van der Waals surface area (Å²) < 4.78 is 32.8. The number of hydrogen-bond acceptors (Lipinski definition) is 9. The average Bonchev–Trinajstić information content (AvgIpc) is 3.09. The van der Waals surface area contributed by atoms with Crippen molar-refractivity contribution in [1.29, 1.82) is 0 Å². The Labute approximate surface area is 290 Å². The van der Waals surface area contributed by atoms with Crippen LogP contribution in [0.3, 0.4) is 0 Å². The number of phenols is 3. The summed E-state index contributed by atoms with van der Waals surface area (Å²) in [5.74, 6) is 0.659. The van der Waals surface area contributed by atoms with Crippen LogP contribution in [0.5, 0.6) is 23.0 Å². The molecule has 0 bridgehead atoms. The largest absolute Gasteiger partial charge is 0.507 e. The Morgan fingerprint density at radius 3 is 1.12 bits per heavy atom. The van der Waals surface area contributed by atoms with Crippen LogP contribution in [0.4, 0.5) is 0 Å². The first-order chi connectivity index (χ1) is 23.4. The third kappa shape index (κ3) is 7.56. The molecule has 9 nitrogen and oxygen atoms in total. The van der Waals surface area contributed by atoms with Crippen LogP contribution in [0.1, 0.15) is 76.4 Å². The summed E-state index contributed by atoms with van der Waals surface area (Å²) in [7, 11) is 9.50. The second-order valence-corrected chi connectivity index (χ2v) is 13.0. The summed E-state index contributed by atoms with van der Waals surface area (Å²) in [6.07, 6.45) is 0. The SMILES string of the molecule is COCc1cc(C(C)(C)c2ccc(C(C)(c3cc(COC)c(O)c(COC)c3)c3cc(COC)c(O)c(OC)c3)cc2)cc(COC)c1O. The molecule has 4 rings (SSSR count). The number of ether oxygens (including phenoxy) is 6. The zero-order valence-electron chi connectivity index (χ0n) is 30.1. The number of methoxy groups -OCH3 is 6. The molecule has 0 fully saturated rings. The van der Waals surface area contributed by atoms with E-state index < -0.39 is 10.8 Å². The van der Waals surface area contributed by atoms with Crippen LogP contribution in [0.25, 0.3) is 0 Å². The van der Waals surface area contributed by atoms with Crippen LogP contribution in [0.2, 0.25) is 0 Å². The van der Waals surface area contributed by atoms with Crippen LogP contribution >= 0.6 is 0 Å². The fraction of sp³-hybridized carbons (Fsp3) is 0.400. The van der Waals surface area contributed by atoms with Crippen molar-refractivity contribution in [2.45, 2.75) is 64.6 Å².